The number of hydrogen-bond donors (Lipinski definition) is 1. The highest BCUT2D eigenvalue weighted by Crippen LogP contribution is 2.32. The summed E-state index contributed by atoms with van der Waals surface area (Å²) in [5.74, 6) is 0. The molecule has 6 heteroatoms. The first-order valence-corrected chi connectivity index (χ1v) is 5.74. The number of nitro benzene ring substituents is 1. The van der Waals surface area contributed by atoms with Crippen LogP contribution in [0.1, 0.15) is 6.42 Å². The number of anilines is 1. The van der Waals surface area contributed by atoms with Crippen molar-refractivity contribution >= 4 is 27.3 Å². The summed E-state index contributed by atoms with van der Waals surface area (Å²) in [5.41, 5.74) is 0.956. The smallest absolute Gasteiger partial charge is 0.270 e. The van der Waals surface area contributed by atoms with Crippen molar-refractivity contribution in [3.8, 4) is 0 Å². The second kappa shape index (κ2) is 4.39. The van der Waals surface area contributed by atoms with Gasteiger partial charge in [0, 0.05) is 29.7 Å². The normalized spacial score (nSPS) is 20.1. The van der Waals surface area contributed by atoms with Gasteiger partial charge in [0.25, 0.3) is 5.69 Å². The lowest BCUT2D eigenvalue weighted by Crippen LogP contribution is -2.21. The number of nitro groups is 1. The summed E-state index contributed by atoms with van der Waals surface area (Å²) in [7, 11) is 0. The second-order valence-electron chi connectivity index (χ2n) is 3.78. The molecule has 0 spiro atoms. The number of nitrogens with zero attached hydrogens (tertiary/aromatic N) is 2. The maximum absolute atomic E-state index is 10.6. The summed E-state index contributed by atoms with van der Waals surface area (Å²) in [6, 6.07) is 4.67. The molecule has 1 aliphatic rings. The molecule has 1 aromatic rings. The molecule has 5 nitrogen and oxygen atoms in total. The van der Waals surface area contributed by atoms with Crippen molar-refractivity contribution < 1.29 is 10.0 Å². The zero-order valence-corrected chi connectivity index (χ0v) is 10.1. The molecule has 1 fully saturated rings. The van der Waals surface area contributed by atoms with Gasteiger partial charge in [-0.3, -0.25) is 10.1 Å². The van der Waals surface area contributed by atoms with E-state index in [1.54, 1.807) is 6.07 Å². The van der Waals surface area contributed by atoms with Gasteiger partial charge in [0.05, 0.1) is 16.7 Å². The number of non-ortho nitro benzene ring substituents is 1. The Bertz CT molecular complexity index is 425. The molecule has 0 aliphatic carbocycles. The van der Waals surface area contributed by atoms with Crippen LogP contribution in [0.4, 0.5) is 11.4 Å². The van der Waals surface area contributed by atoms with Crippen LogP contribution < -0.4 is 4.90 Å². The summed E-state index contributed by atoms with van der Waals surface area (Å²) in [6.45, 7) is 1.36. The molecule has 1 heterocycles. The van der Waals surface area contributed by atoms with Crippen LogP contribution in [0, 0.1) is 10.1 Å². The molecule has 2 rings (SSSR count). The number of rotatable bonds is 2. The Morgan fingerprint density at radius 1 is 1.56 bits per heavy atom. The van der Waals surface area contributed by atoms with Crippen molar-refractivity contribution in [3.63, 3.8) is 0 Å². The van der Waals surface area contributed by atoms with E-state index < -0.39 is 4.92 Å². The number of halogens is 1. The zero-order valence-electron chi connectivity index (χ0n) is 8.47. The van der Waals surface area contributed by atoms with E-state index in [9.17, 15) is 15.2 Å². The third kappa shape index (κ3) is 2.17. The summed E-state index contributed by atoms with van der Waals surface area (Å²) in [5, 5.41) is 20.0. The van der Waals surface area contributed by atoms with Crippen molar-refractivity contribution in [1.29, 1.82) is 0 Å². The lowest BCUT2D eigenvalue weighted by molar-refractivity contribution is -0.384. The molecule has 1 atom stereocenters. The molecule has 1 saturated heterocycles. The Hall–Kier alpha value is -1.14. The first-order chi connectivity index (χ1) is 7.58. The van der Waals surface area contributed by atoms with Crippen LogP contribution >= 0.6 is 15.9 Å². The Labute approximate surface area is 101 Å². The number of aliphatic hydroxyl groups is 1. The third-order valence-electron chi connectivity index (χ3n) is 2.65. The van der Waals surface area contributed by atoms with Crippen LogP contribution in [0.3, 0.4) is 0 Å². The Morgan fingerprint density at radius 3 is 2.81 bits per heavy atom. The lowest BCUT2D eigenvalue weighted by Gasteiger charge is -2.19. The minimum absolute atomic E-state index is 0.0652. The van der Waals surface area contributed by atoms with Gasteiger partial charge in [-0.25, -0.2) is 0 Å². The molecular formula is C10H11BrN2O3. The van der Waals surface area contributed by atoms with Crippen LogP contribution in [0.2, 0.25) is 0 Å². The van der Waals surface area contributed by atoms with E-state index >= 15 is 0 Å². The van der Waals surface area contributed by atoms with Crippen LogP contribution in [-0.4, -0.2) is 29.2 Å². The molecule has 0 saturated carbocycles. The van der Waals surface area contributed by atoms with Crippen LogP contribution in [0.5, 0.6) is 0 Å². The number of aliphatic hydroxyl groups excluding tert-OH is 1. The van der Waals surface area contributed by atoms with E-state index in [2.05, 4.69) is 15.9 Å². The predicted molar refractivity (Wildman–Crippen MR) is 63.6 cm³/mol. The van der Waals surface area contributed by atoms with Crippen molar-refractivity contribution in [2.45, 2.75) is 12.5 Å². The number of hydrogen-bond acceptors (Lipinski definition) is 4. The Kier molecular flexibility index (Phi) is 3.11. The minimum atomic E-state index is -0.423. The zero-order chi connectivity index (χ0) is 11.7. The quantitative estimate of drug-likeness (QED) is 0.666. The molecule has 0 amide bonds. The largest absolute Gasteiger partial charge is 0.391 e. The van der Waals surface area contributed by atoms with Crippen LogP contribution in [0.25, 0.3) is 0 Å². The SMILES string of the molecule is O=[N+]([O-])c1ccc(N2CC[C@@H](O)C2)c(Br)c1. The van der Waals surface area contributed by atoms with Gasteiger partial charge in [0.2, 0.25) is 0 Å². The van der Waals surface area contributed by atoms with Crippen molar-refractivity contribution in [2.24, 2.45) is 0 Å². The highest BCUT2D eigenvalue weighted by Gasteiger charge is 2.22. The molecule has 16 heavy (non-hydrogen) atoms. The van der Waals surface area contributed by atoms with Gasteiger partial charge in [-0.2, -0.15) is 0 Å². The fourth-order valence-corrected chi connectivity index (χ4v) is 2.44. The minimum Gasteiger partial charge on any atom is -0.391 e. The lowest BCUT2D eigenvalue weighted by atomic mass is 10.2. The van der Waals surface area contributed by atoms with Gasteiger partial charge in [-0.1, -0.05) is 0 Å². The highest BCUT2D eigenvalue weighted by atomic mass is 79.9. The number of benzene rings is 1. The van der Waals surface area contributed by atoms with E-state index in [0.717, 1.165) is 18.7 Å². The topological polar surface area (TPSA) is 66.6 Å². The average molecular weight is 287 g/mol. The standard InChI is InChI=1S/C10H11BrN2O3/c11-9-5-7(13(15)16)1-2-10(9)12-4-3-8(14)6-12/h1-2,5,8,14H,3-4,6H2/t8-/m1/s1. The van der Waals surface area contributed by atoms with Crippen molar-refractivity contribution in [1.82, 2.24) is 0 Å². The third-order valence-corrected chi connectivity index (χ3v) is 3.28. The maximum Gasteiger partial charge on any atom is 0.270 e. The Morgan fingerprint density at radius 2 is 2.31 bits per heavy atom. The fourth-order valence-electron chi connectivity index (χ4n) is 1.83. The van der Waals surface area contributed by atoms with Gasteiger partial charge in [-0.15, -0.1) is 0 Å². The van der Waals surface area contributed by atoms with Gasteiger partial charge < -0.3 is 10.0 Å². The molecule has 1 aliphatic heterocycles. The molecule has 0 bridgehead atoms. The molecule has 0 aromatic heterocycles. The highest BCUT2D eigenvalue weighted by molar-refractivity contribution is 9.10. The fraction of sp³-hybridized carbons (Fsp3) is 0.400. The van der Waals surface area contributed by atoms with E-state index in [-0.39, 0.29) is 11.8 Å². The first-order valence-electron chi connectivity index (χ1n) is 4.95. The Balaban J connectivity index is 2.26. The summed E-state index contributed by atoms with van der Waals surface area (Å²) >= 11 is 3.32. The van der Waals surface area contributed by atoms with Gasteiger partial charge in [0.15, 0.2) is 0 Å². The second-order valence-corrected chi connectivity index (χ2v) is 4.64. The molecule has 1 N–H and O–H groups in total. The predicted octanol–water partition coefficient (Wildman–Crippen LogP) is 1.93. The van der Waals surface area contributed by atoms with Crippen molar-refractivity contribution in [2.75, 3.05) is 18.0 Å². The summed E-state index contributed by atoms with van der Waals surface area (Å²) in [4.78, 5) is 12.2. The summed E-state index contributed by atoms with van der Waals surface area (Å²) < 4.78 is 0.691. The molecule has 86 valence electrons. The monoisotopic (exact) mass is 286 g/mol. The van der Waals surface area contributed by atoms with Gasteiger partial charge in [0.1, 0.15) is 0 Å². The van der Waals surface area contributed by atoms with Crippen LogP contribution in [-0.2, 0) is 0 Å². The number of β-amino-alcohol motifs (C(OH)–C–C–N with tert-alkyl or cyclic N) is 1. The van der Waals surface area contributed by atoms with E-state index in [4.69, 9.17) is 0 Å². The van der Waals surface area contributed by atoms with E-state index in [0.29, 0.717) is 11.0 Å². The molecular weight excluding hydrogens is 276 g/mol. The average Bonchev–Trinajstić information content (AvgIpc) is 2.64. The first kappa shape index (κ1) is 11.3. The van der Waals surface area contributed by atoms with Crippen LogP contribution in [0.15, 0.2) is 22.7 Å². The van der Waals surface area contributed by atoms with Gasteiger partial charge >= 0.3 is 0 Å². The van der Waals surface area contributed by atoms with Crippen molar-refractivity contribution in [3.05, 3.63) is 32.8 Å². The molecule has 0 radical (unpaired) electrons. The maximum atomic E-state index is 10.6. The van der Waals surface area contributed by atoms with E-state index in [1.807, 2.05) is 4.90 Å². The molecule has 0 unspecified atom stereocenters. The van der Waals surface area contributed by atoms with Gasteiger partial charge in [-0.05, 0) is 28.4 Å². The summed E-state index contributed by atoms with van der Waals surface area (Å²) in [6.07, 6.45) is 0.436. The van der Waals surface area contributed by atoms with E-state index in [1.165, 1.54) is 12.1 Å². The molecule has 1 aromatic carbocycles.